The summed E-state index contributed by atoms with van der Waals surface area (Å²) < 4.78 is 5.20. The Labute approximate surface area is 120 Å². The molecule has 1 saturated heterocycles. The minimum absolute atomic E-state index is 0.0582. The number of para-hydroxylation sites is 1. The molecule has 0 saturated carbocycles. The number of hydrogen-bond acceptors (Lipinski definition) is 4. The molecule has 110 valence electrons. The van der Waals surface area contributed by atoms with Gasteiger partial charge in [-0.1, -0.05) is 18.2 Å². The van der Waals surface area contributed by atoms with Crippen molar-refractivity contribution < 1.29 is 9.53 Å². The van der Waals surface area contributed by atoms with Gasteiger partial charge in [0, 0.05) is 38.4 Å². The van der Waals surface area contributed by atoms with E-state index in [4.69, 9.17) is 10.5 Å². The highest BCUT2D eigenvalue weighted by Crippen LogP contribution is 2.20. The highest BCUT2D eigenvalue weighted by atomic mass is 16.5. The molecule has 1 fully saturated rings. The Morgan fingerprint density at radius 2 is 1.95 bits per heavy atom. The maximum absolute atomic E-state index is 11.9. The lowest BCUT2D eigenvalue weighted by atomic mass is 10.1. The molecule has 1 amide bonds. The minimum atomic E-state index is 0.0582. The molecule has 1 aromatic carbocycles. The molecule has 0 bridgehead atoms. The topological polar surface area (TPSA) is 58.8 Å². The Balaban J connectivity index is 1.83. The third-order valence-electron chi connectivity index (χ3n) is 3.58. The van der Waals surface area contributed by atoms with Crippen LogP contribution < -0.4 is 10.6 Å². The van der Waals surface area contributed by atoms with E-state index in [9.17, 15) is 4.79 Å². The fourth-order valence-electron chi connectivity index (χ4n) is 2.45. The average molecular weight is 277 g/mol. The van der Waals surface area contributed by atoms with Gasteiger partial charge < -0.3 is 20.3 Å². The molecule has 1 aliphatic rings. The van der Waals surface area contributed by atoms with Gasteiger partial charge in [-0.3, -0.25) is 4.79 Å². The maximum atomic E-state index is 11.9. The van der Waals surface area contributed by atoms with Gasteiger partial charge >= 0.3 is 0 Å². The van der Waals surface area contributed by atoms with Crippen molar-refractivity contribution in [2.75, 3.05) is 50.8 Å². The number of aryl methyl sites for hydroxylation is 1. The van der Waals surface area contributed by atoms with E-state index in [1.54, 1.807) is 0 Å². The monoisotopic (exact) mass is 277 g/mol. The van der Waals surface area contributed by atoms with E-state index in [1.165, 1.54) is 11.3 Å². The quantitative estimate of drug-likeness (QED) is 0.802. The van der Waals surface area contributed by atoms with Crippen molar-refractivity contribution in [2.24, 2.45) is 5.73 Å². The van der Waals surface area contributed by atoms with Crippen LogP contribution in [0.5, 0.6) is 0 Å². The van der Waals surface area contributed by atoms with Gasteiger partial charge in [0.25, 0.3) is 0 Å². The van der Waals surface area contributed by atoms with Crippen LogP contribution in [0, 0.1) is 6.92 Å². The molecule has 5 heteroatoms. The van der Waals surface area contributed by atoms with Crippen LogP contribution in [0.25, 0.3) is 0 Å². The van der Waals surface area contributed by atoms with E-state index in [1.807, 2.05) is 11.0 Å². The molecule has 0 aromatic heterocycles. The summed E-state index contributed by atoms with van der Waals surface area (Å²) in [6.07, 6.45) is 0. The number of benzene rings is 1. The van der Waals surface area contributed by atoms with E-state index < -0.39 is 0 Å². The molecule has 0 radical (unpaired) electrons. The van der Waals surface area contributed by atoms with Gasteiger partial charge in [0.15, 0.2) is 0 Å². The van der Waals surface area contributed by atoms with Crippen LogP contribution >= 0.6 is 0 Å². The van der Waals surface area contributed by atoms with E-state index in [0.717, 1.165) is 26.2 Å². The first-order chi connectivity index (χ1) is 9.72. The Morgan fingerprint density at radius 3 is 2.60 bits per heavy atom. The zero-order chi connectivity index (χ0) is 14.4. The van der Waals surface area contributed by atoms with Gasteiger partial charge in [0.2, 0.25) is 5.91 Å². The van der Waals surface area contributed by atoms with Crippen LogP contribution in [-0.2, 0) is 9.53 Å². The lowest BCUT2D eigenvalue weighted by molar-refractivity contribution is -0.136. The molecule has 0 aliphatic carbocycles. The van der Waals surface area contributed by atoms with Crippen molar-refractivity contribution in [3.8, 4) is 0 Å². The number of rotatable bonds is 5. The van der Waals surface area contributed by atoms with Gasteiger partial charge in [-0.2, -0.15) is 0 Å². The summed E-state index contributed by atoms with van der Waals surface area (Å²) >= 11 is 0. The Bertz CT molecular complexity index is 442. The van der Waals surface area contributed by atoms with Crippen molar-refractivity contribution in [3.05, 3.63) is 29.8 Å². The number of nitrogens with two attached hydrogens (primary N) is 1. The van der Waals surface area contributed by atoms with E-state index in [-0.39, 0.29) is 12.5 Å². The molecule has 1 heterocycles. The molecular formula is C15H23N3O2. The minimum Gasteiger partial charge on any atom is -0.370 e. The van der Waals surface area contributed by atoms with Crippen molar-refractivity contribution in [1.29, 1.82) is 0 Å². The largest absolute Gasteiger partial charge is 0.370 e. The second kappa shape index (κ2) is 7.26. The molecule has 20 heavy (non-hydrogen) atoms. The van der Waals surface area contributed by atoms with Gasteiger partial charge in [-0.05, 0) is 18.6 Å². The maximum Gasteiger partial charge on any atom is 0.248 e. The third-order valence-corrected chi connectivity index (χ3v) is 3.58. The number of piperazine rings is 1. The Kier molecular flexibility index (Phi) is 5.38. The molecule has 0 spiro atoms. The smallest absolute Gasteiger partial charge is 0.248 e. The van der Waals surface area contributed by atoms with Gasteiger partial charge in [-0.25, -0.2) is 0 Å². The van der Waals surface area contributed by atoms with Gasteiger partial charge in [0.05, 0.1) is 6.61 Å². The molecule has 0 unspecified atom stereocenters. The lowest BCUT2D eigenvalue weighted by Gasteiger charge is -2.36. The summed E-state index contributed by atoms with van der Waals surface area (Å²) in [6.45, 7) is 6.39. The fraction of sp³-hybridized carbons (Fsp3) is 0.533. The number of carbonyl (C=O) groups excluding carboxylic acids is 1. The predicted octanol–water partition coefficient (Wildman–Crippen LogP) is 0.619. The van der Waals surface area contributed by atoms with Gasteiger partial charge in [0.1, 0.15) is 6.61 Å². The summed E-state index contributed by atoms with van der Waals surface area (Å²) in [5.41, 5.74) is 7.87. The molecule has 5 nitrogen and oxygen atoms in total. The first-order valence-corrected chi connectivity index (χ1v) is 7.08. The first kappa shape index (κ1) is 14.8. The van der Waals surface area contributed by atoms with Crippen LogP contribution in [0.2, 0.25) is 0 Å². The van der Waals surface area contributed by atoms with Crippen molar-refractivity contribution in [3.63, 3.8) is 0 Å². The number of nitrogens with zero attached hydrogens (tertiary/aromatic N) is 2. The SMILES string of the molecule is Cc1ccccc1N1CCN(C(=O)COCCN)CC1. The van der Waals surface area contributed by atoms with E-state index in [2.05, 4.69) is 30.0 Å². The number of ether oxygens (including phenoxy) is 1. The normalized spacial score (nSPS) is 15.5. The summed E-state index contributed by atoms with van der Waals surface area (Å²) in [6, 6.07) is 8.36. The Morgan fingerprint density at radius 1 is 1.25 bits per heavy atom. The number of carbonyl (C=O) groups is 1. The number of amides is 1. The van der Waals surface area contributed by atoms with Crippen molar-refractivity contribution >= 4 is 11.6 Å². The second-order valence-corrected chi connectivity index (χ2v) is 5.00. The summed E-state index contributed by atoms with van der Waals surface area (Å²) in [5.74, 6) is 0.0582. The zero-order valence-electron chi connectivity index (χ0n) is 12.0. The average Bonchev–Trinajstić information content (AvgIpc) is 2.48. The van der Waals surface area contributed by atoms with Crippen molar-refractivity contribution in [1.82, 2.24) is 4.90 Å². The third kappa shape index (κ3) is 3.71. The second-order valence-electron chi connectivity index (χ2n) is 5.00. The number of anilines is 1. The molecular weight excluding hydrogens is 254 g/mol. The van der Waals surface area contributed by atoms with E-state index in [0.29, 0.717) is 13.2 Å². The Hall–Kier alpha value is -1.59. The summed E-state index contributed by atoms with van der Waals surface area (Å²) in [7, 11) is 0. The molecule has 1 aromatic rings. The standard InChI is InChI=1S/C15H23N3O2/c1-13-4-2-3-5-14(13)17-7-9-18(10-8-17)15(19)12-20-11-6-16/h2-5H,6-12,16H2,1H3. The van der Waals surface area contributed by atoms with E-state index >= 15 is 0 Å². The van der Waals surface area contributed by atoms with Crippen LogP contribution in [0.4, 0.5) is 5.69 Å². The van der Waals surface area contributed by atoms with Gasteiger partial charge in [-0.15, -0.1) is 0 Å². The zero-order valence-corrected chi connectivity index (χ0v) is 12.0. The lowest BCUT2D eigenvalue weighted by Crippen LogP contribution is -2.50. The summed E-state index contributed by atoms with van der Waals surface area (Å²) in [5, 5.41) is 0. The molecule has 1 aliphatic heterocycles. The highest BCUT2D eigenvalue weighted by molar-refractivity contribution is 5.77. The molecule has 0 atom stereocenters. The summed E-state index contributed by atoms with van der Waals surface area (Å²) in [4.78, 5) is 16.1. The molecule has 2 N–H and O–H groups in total. The van der Waals surface area contributed by atoms with Crippen LogP contribution in [-0.4, -0.2) is 56.7 Å². The molecule has 2 rings (SSSR count). The highest BCUT2D eigenvalue weighted by Gasteiger charge is 2.21. The van der Waals surface area contributed by atoms with Crippen LogP contribution in [0.15, 0.2) is 24.3 Å². The fourth-order valence-corrected chi connectivity index (χ4v) is 2.45. The predicted molar refractivity (Wildman–Crippen MR) is 79.8 cm³/mol. The van der Waals surface area contributed by atoms with Crippen LogP contribution in [0.3, 0.4) is 0 Å². The first-order valence-electron chi connectivity index (χ1n) is 7.08. The van der Waals surface area contributed by atoms with Crippen LogP contribution in [0.1, 0.15) is 5.56 Å². The number of hydrogen-bond donors (Lipinski definition) is 1. The van der Waals surface area contributed by atoms with Crippen molar-refractivity contribution in [2.45, 2.75) is 6.92 Å².